The molecule has 0 atom stereocenters. The van der Waals surface area contributed by atoms with Crippen molar-refractivity contribution >= 4 is 103 Å². The van der Waals surface area contributed by atoms with Gasteiger partial charge in [0.05, 0.1) is 22.1 Å². The second kappa shape index (κ2) is 7.65. The Morgan fingerprint density at radius 3 is 2.26 bits per heavy atom. The van der Waals surface area contributed by atoms with Gasteiger partial charge in [0.15, 0.2) is 5.65 Å². The number of aromatic nitrogens is 3. The molecule has 0 amide bonds. The highest BCUT2D eigenvalue weighted by Gasteiger charge is 2.23. The lowest BCUT2D eigenvalue weighted by molar-refractivity contribution is 0.669. The lowest BCUT2D eigenvalue weighted by atomic mass is 10.0. The van der Waals surface area contributed by atoms with Crippen molar-refractivity contribution in [3.8, 4) is 11.1 Å². The Morgan fingerprint density at radius 2 is 1.30 bits per heavy atom. The molecule has 0 unspecified atom stereocenters. The number of thiophene rings is 1. The third-order valence-corrected chi connectivity index (χ3v) is 10.2. The van der Waals surface area contributed by atoms with Gasteiger partial charge in [-0.05, 0) is 59.7 Å². The molecule has 5 heterocycles. The Hall–Kier alpha value is -5.52. The summed E-state index contributed by atoms with van der Waals surface area (Å²) in [7, 11) is 0. The van der Waals surface area contributed by atoms with Crippen molar-refractivity contribution < 1.29 is 4.42 Å². The van der Waals surface area contributed by atoms with Gasteiger partial charge >= 0.3 is 0 Å². The minimum atomic E-state index is 0.888. The maximum absolute atomic E-state index is 6.07. The van der Waals surface area contributed by atoms with Crippen molar-refractivity contribution in [2.45, 2.75) is 0 Å². The lowest BCUT2D eigenvalue weighted by Gasteiger charge is -2.05. The van der Waals surface area contributed by atoms with Crippen LogP contribution in [0.5, 0.6) is 0 Å². The van der Waals surface area contributed by atoms with Crippen LogP contribution < -0.4 is 0 Å². The van der Waals surface area contributed by atoms with E-state index in [1.165, 1.54) is 42.0 Å². The Balaban J connectivity index is 1.23. The summed E-state index contributed by atoms with van der Waals surface area (Å²) < 4.78 is 11.0. The normalized spacial score (nSPS) is 12.7. The first-order valence-electron chi connectivity index (χ1n) is 14.4. The number of benzene rings is 6. The SMILES string of the molecule is c1ccc2c(c1)oc1ccc(-c3ccc4nc5c6cc7sc8ccccc8c7c7c8ccccc8n(c5nc4c3)c67)cc12. The number of rotatable bonds is 1. The molecule has 0 radical (unpaired) electrons. The fourth-order valence-electron chi connectivity index (χ4n) is 7.24. The van der Waals surface area contributed by atoms with Gasteiger partial charge in [-0.3, -0.25) is 4.40 Å². The second-order valence-electron chi connectivity index (χ2n) is 11.4. The highest BCUT2D eigenvalue weighted by atomic mass is 32.1. The van der Waals surface area contributed by atoms with Gasteiger partial charge < -0.3 is 4.42 Å². The number of nitrogens with zero attached hydrogens (tertiary/aromatic N) is 3. The predicted octanol–water partition coefficient (Wildman–Crippen LogP) is 10.7. The molecule has 0 saturated carbocycles. The number of para-hydroxylation sites is 2. The zero-order chi connectivity index (χ0) is 27.8. The van der Waals surface area contributed by atoms with Crippen LogP contribution in [-0.2, 0) is 0 Å². The third kappa shape index (κ3) is 2.75. The zero-order valence-electron chi connectivity index (χ0n) is 22.6. The molecular formula is C38H19N3OS. The van der Waals surface area contributed by atoms with Crippen molar-refractivity contribution in [3.63, 3.8) is 0 Å². The quantitative estimate of drug-likeness (QED) is 0.199. The third-order valence-electron chi connectivity index (χ3n) is 9.10. The molecule has 0 saturated heterocycles. The molecule has 0 spiro atoms. The number of hydrogen-bond donors (Lipinski definition) is 0. The van der Waals surface area contributed by atoms with Crippen LogP contribution in [0.25, 0.3) is 103 Å². The molecule has 11 aromatic rings. The van der Waals surface area contributed by atoms with E-state index in [4.69, 9.17) is 14.4 Å². The first kappa shape index (κ1) is 22.1. The van der Waals surface area contributed by atoms with E-state index in [2.05, 4.69) is 108 Å². The standard InChI is InChI=1S/C38H19N3OS/c1-4-10-29-23(8-1)35-34-24-9-3-6-12-32(24)43-33(34)19-26-36-38(41(29)37(26)35)40-28-18-21(13-15-27(28)39-36)20-14-16-31-25(17-20)22-7-2-5-11-30(22)42-31/h1-19H. The largest absolute Gasteiger partial charge is 0.456 e. The van der Waals surface area contributed by atoms with Crippen LogP contribution in [0, 0.1) is 0 Å². The highest BCUT2D eigenvalue weighted by molar-refractivity contribution is 7.26. The number of hydrogen-bond acceptors (Lipinski definition) is 4. The maximum Gasteiger partial charge on any atom is 0.165 e. The van der Waals surface area contributed by atoms with Crippen LogP contribution in [0.15, 0.2) is 120 Å². The molecule has 0 aliphatic rings. The number of fused-ring (bicyclic) bond motifs is 14. The van der Waals surface area contributed by atoms with Crippen molar-refractivity contribution in [2.24, 2.45) is 0 Å². The highest BCUT2D eigenvalue weighted by Crippen LogP contribution is 2.47. The van der Waals surface area contributed by atoms with Crippen molar-refractivity contribution in [3.05, 3.63) is 115 Å². The van der Waals surface area contributed by atoms with Crippen LogP contribution in [0.3, 0.4) is 0 Å². The molecular weight excluding hydrogens is 547 g/mol. The molecule has 0 bridgehead atoms. The van der Waals surface area contributed by atoms with E-state index >= 15 is 0 Å². The lowest BCUT2D eigenvalue weighted by Crippen LogP contribution is -1.90. The van der Waals surface area contributed by atoms with E-state index in [1.807, 2.05) is 23.5 Å². The molecule has 0 N–H and O–H groups in total. The van der Waals surface area contributed by atoms with Gasteiger partial charge in [-0.15, -0.1) is 11.3 Å². The molecule has 0 fully saturated rings. The minimum absolute atomic E-state index is 0.888. The van der Waals surface area contributed by atoms with Gasteiger partial charge in [0, 0.05) is 47.1 Å². The van der Waals surface area contributed by atoms with Crippen molar-refractivity contribution in [2.75, 3.05) is 0 Å². The van der Waals surface area contributed by atoms with Crippen LogP contribution in [0.1, 0.15) is 0 Å². The van der Waals surface area contributed by atoms with Crippen LogP contribution in [0.4, 0.5) is 0 Å². The Morgan fingerprint density at radius 1 is 0.535 bits per heavy atom. The predicted molar refractivity (Wildman–Crippen MR) is 180 cm³/mol. The summed E-state index contributed by atoms with van der Waals surface area (Å²) in [4.78, 5) is 10.6. The maximum atomic E-state index is 6.07. The smallest absolute Gasteiger partial charge is 0.165 e. The summed E-state index contributed by atoms with van der Waals surface area (Å²) in [6.07, 6.45) is 0. The summed E-state index contributed by atoms with van der Waals surface area (Å²) in [5.41, 5.74) is 10.1. The summed E-state index contributed by atoms with van der Waals surface area (Å²) in [6, 6.07) is 40.9. The van der Waals surface area contributed by atoms with Crippen LogP contribution in [0.2, 0.25) is 0 Å². The second-order valence-corrected chi connectivity index (χ2v) is 12.5. The van der Waals surface area contributed by atoms with Gasteiger partial charge in [-0.1, -0.05) is 66.7 Å². The monoisotopic (exact) mass is 565 g/mol. The molecule has 43 heavy (non-hydrogen) atoms. The van der Waals surface area contributed by atoms with Crippen molar-refractivity contribution in [1.29, 1.82) is 0 Å². The van der Waals surface area contributed by atoms with E-state index in [-0.39, 0.29) is 0 Å². The summed E-state index contributed by atoms with van der Waals surface area (Å²) in [5.74, 6) is 0. The number of furan rings is 1. The Kier molecular flexibility index (Phi) is 3.94. The average Bonchev–Trinajstić information content (AvgIpc) is 3.79. The van der Waals surface area contributed by atoms with Gasteiger partial charge in [0.1, 0.15) is 16.7 Å². The van der Waals surface area contributed by atoms with E-state index < -0.39 is 0 Å². The minimum Gasteiger partial charge on any atom is -0.456 e. The van der Waals surface area contributed by atoms with E-state index in [0.29, 0.717) is 0 Å². The van der Waals surface area contributed by atoms with Crippen LogP contribution in [-0.4, -0.2) is 14.4 Å². The van der Waals surface area contributed by atoms with E-state index in [1.54, 1.807) is 0 Å². The van der Waals surface area contributed by atoms with E-state index in [9.17, 15) is 0 Å². The average molecular weight is 566 g/mol. The topological polar surface area (TPSA) is 43.3 Å². The Labute approximate surface area is 247 Å². The molecule has 6 aromatic carbocycles. The van der Waals surface area contributed by atoms with Gasteiger partial charge in [-0.2, -0.15) is 0 Å². The first-order valence-corrected chi connectivity index (χ1v) is 15.2. The molecule has 0 aliphatic carbocycles. The van der Waals surface area contributed by atoms with Gasteiger partial charge in [-0.25, -0.2) is 9.97 Å². The molecule has 5 heteroatoms. The zero-order valence-corrected chi connectivity index (χ0v) is 23.4. The summed E-state index contributed by atoms with van der Waals surface area (Å²) >= 11 is 1.86. The van der Waals surface area contributed by atoms with Crippen molar-refractivity contribution in [1.82, 2.24) is 14.4 Å². The summed E-state index contributed by atoms with van der Waals surface area (Å²) in [6.45, 7) is 0. The van der Waals surface area contributed by atoms with Crippen LogP contribution >= 0.6 is 11.3 Å². The molecule has 198 valence electrons. The molecule has 4 nitrogen and oxygen atoms in total. The molecule has 5 aromatic heterocycles. The first-order chi connectivity index (χ1) is 21.3. The van der Waals surface area contributed by atoms with Gasteiger partial charge in [0.2, 0.25) is 0 Å². The summed E-state index contributed by atoms with van der Waals surface area (Å²) in [5, 5.41) is 8.61. The fraction of sp³-hybridized carbons (Fsp3) is 0. The van der Waals surface area contributed by atoms with Gasteiger partial charge in [0.25, 0.3) is 0 Å². The van der Waals surface area contributed by atoms with E-state index in [0.717, 1.165) is 60.6 Å². The Bertz CT molecular complexity index is 2960. The molecule has 11 rings (SSSR count). The molecule has 0 aliphatic heterocycles. The fourth-order valence-corrected chi connectivity index (χ4v) is 8.39.